The fourth-order valence-corrected chi connectivity index (χ4v) is 6.76. The summed E-state index contributed by atoms with van der Waals surface area (Å²) in [7, 11) is 2.03. The first-order chi connectivity index (χ1) is 20.1. The minimum Gasteiger partial charge on any atom is -0.465 e. The number of rotatable bonds is 11. The van der Waals surface area contributed by atoms with Gasteiger partial charge >= 0.3 is 5.97 Å². The number of hydrogen-bond acceptors (Lipinski definition) is 7. The van der Waals surface area contributed by atoms with Crippen LogP contribution in [0.5, 0.6) is 0 Å². The Morgan fingerprint density at radius 2 is 1.81 bits per heavy atom. The van der Waals surface area contributed by atoms with Gasteiger partial charge in [-0.15, -0.1) is 0 Å². The molecule has 0 saturated carbocycles. The number of hydrogen-bond donors (Lipinski definition) is 1. The summed E-state index contributed by atoms with van der Waals surface area (Å²) >= 11 is 0. The van der Waals surface area contributed by atoms with Gasteiger partial charge in [0.1, 0.15) is 17.7 Å². The molecule has 0 amide bonds. The summed E-state index contributed by atoms with van der Waals surface area (Å²) in [6, 6.07) is 8.72. The number of carbonyl (C=O) groups is 1. The van der Waals surface area contributed by atoms with Gasteiger partial charge in [-0.25, -0.2) is 9.97 Å². The van der Waals surface area contributed by atoms with Gasteiger partial charge in [0, 0.05) is 58.0 Å². The molecular formula is C33H49N7O2. The van der Waals surface area contributed by atoms with E-state index in [1.54, 1.807) is 6.20 Å². The van der Waals surface area contributed by atoms with Crippen molar-refractivity contribution >= 4 is 5.97 Å². The van der Waals surface area contributed by atoms with E-state index in [-0.39, 0.29) is 17.4 Å². The number of piperidine rings is 1. The highest BCUT2D eigenvalue weighted by atomic mass is 16.5. The second-order valence-corrected chi connectivity index (χ2v) is 13.7. The zero-order chi connectivity index (χ0) is 29.7. The summed E-state index contributed by atoms with van der Waals surface area (Å²) < 4.78 is 7.63. The smallest absolute Gasteiger partial charge is 0.323 e. The van der Waals surface area contributed by atoms with Gasteiger partial charge in [0.15, 0.2) is 0 Å². The molecule has 4 heterocycles. The predicted molar refractivity (Wildman–Crippen MR) is 164 cm³/mol. The molecule has 2 fully saturated rings. The van der Waals surface area contributed by atoms with Gasteiger partial charge in [-0.3, -0.25) is 14.6 Å². The van der Waals surface area contributed by atoms with Crippen LogP contribution in [-0.2, 0) is 42.8 Å². The van der Waals surface area contributed by atoms with E-state index in [0.717, 1.165) is 76.7 Å². The molecule has 228 valence electrons. The molecule has 42 heavy (non-hydrogen) atoms. The van der Waals surface area contributed by atoms with Gasteiger partial charge in [0.25, 0.3) is 0 Å². The third-order valence-corrected chi connectivity index (χ3v) is 8.81. The first-order valence-corrected chi connectivity index (χ1v) is 15.5. The summed E-state index contributed by atoms with van der Waals surface area (Å²) in [5.74, 6) is 1.90. The molecule has 1 N–H and O–H groups in total. The Bertz CT molecular complexity index is 1270. The number of aromatic nitrogens is 4. The van der Waals surface area contributed by atoms with Gasteiger partial charge in [0.05, 0.1) is 19.7 Å². The highest BCUT2D eigenvalue weighted by Gasteiger charge is 2.48. The molecule has 2 aliphatic rings. The molecule has 2 aliphatic heterocycles. The molecule has 0 unspecified atom stereocenters. The molecule has 1 atom stereocenters. The number of esters is 1. The van der Waals surface area contributed by atoms with Crippen molar-refractivity contribution in [3.63, 3.8) is 0 Å². The molecular weight excluding hydrogens is 526 g/mol. The third-order valence-electron chi connectivity index (χ3n) is 8.81. The lowest BCUT2D eigenvalue weighted by molar-refractivity contribution is -0.148. The van der Waals surface area contributed by atoms with Crippen LogP contribution < -0.4 is 0 Å². The number of likely N-dealkylation sites (tertiary alicyclic amines) is 2. The van der Waals surface area contributed by atoms with Crippen molar-refractivity contribution in [2.24, 2.45) is 17.9 Å². The molecule has 1 spiro atoms. The Kier molecular flexibility index (Phi) is 9.50. The largest absolute Gasteiger partial charge is 0.465 e. The van der Waals surface area contributed by atoms with E-state index in [2.05, 4.69) is 79.3 Å². The van der Waals surface area contributed by atoms with Crippen molar-refractivity contribution in [1.29, 1.82) is 0 Å². The molecule has 9 nitrogen and oxygen atoms in total. The Labute approximate surface area is 251 Å². The number of nitrogens with one attached hydrogen (secondary N) is 1. The molecule has 1 aromatic carbocycles. The average molecular weight is 576 g/mol. The van der Waals surface area contributed by atoms with E-state index in [1.165, 1.54) is 11.1 Å². The molecule has 0 radical (unpaired) electrons. The van der Waals surface area contributed by atoms with Gasteiger partial charge in [-0.1, -0.05) is 45.0 Å². The van der Waals surface area contributed by atoms with Crippen molar-refractivity contribution in [2.75, 3.05) is 32.8 Å². The topological polar surface area (TPSA) is 82.5 Å². The van der Waals surface area contributed by atoms with E-state index >= 15 is 0 Å². The van der Waals surface area contributed by atoms with Crippen LogP contribution in [-0.4, -0.2) is 79.0 Å². The van der Waals surface area contributed by atoms with Crippen molar-refractivity contribution in [3.8, 4) is 0 Å². The second kappa shape index (κ2) is 13.1. The summed E-state index contributed by atoms with van der Waals surface area (Å²) in [5, 5.41) is 0. The Morgan fingerprint density at radius 1 is 1.07 bits per heavy atom. The number of benzene rings is 1. The fraction of sp³-hybridized carbons (Fsp3) is 0.606. The second-order valence-electron chi connectivity index (χ2n) is 13.7. The summed E-state index contributed by atoms with van der Waals surface area (Å²) in [6.45, 7) is 16.6. The average Bonchev–Trinajstić information content (AvgIpc) is 3.68. The highest BCUT2D eigenvalue weighted by Crippen LogP contribution is 2.44. The molecule has 2 saturated heterocycles. The van der Waals surface area contributed by atoms with Crippen molar-refractivity contribution in [3.05, 3.63) is 71.8 Å². The van der Waals surface area contributed by atoms with Crippen molar-refractivity contribution < 1.29 is 9.53 Å². The Morgan fingerprint density at radius 3 is 2.43 bits per heavy atom. The summed E-state index contributed by atoms with van der Waals surface area (Å²) in [4.78, 5) is 32.6. The fourth-order valence-electron chi connectivity index (χ4n) is 6.76. The number of aryl methyl sites for hydroxylation is 1. The Balaban J connectivity index is 1.24. The number of H-pyrrole nitrogens is 1. The van der Waals surface area contributed by atoms with Crippen LogP contribution in [0.4, 0.5) is 0 Å². The van der Waals surface area contributed by atoms with Gasteiger partial charge in [0.2, 0.25) is 0 Å². The first kappa shape index (κ1) is 30.4. The van der Waals surface area contributed by atoms with Crippen LogP contribution in [0.1, 0.15) is 69.7 Å². The van der Waals surface area contributed by atoms with Crippen LogP contribution >= 0.6 is 0 Å². The van der Waals surface area contributed by atoms with E-state index in [9.17, 15) is 4.79 Å². The van der Waals surface area contributed by atoms with Crippen LogP contribution in [0.3, 0.4) is 0 Å². The highest BCUT2D eigenvalue weighted by molar-refractivity contribution is 5.76. The minimum atomic E-state index is -0.166. The normalized spacial score (nSPS) is 19.6. The first-order valence-electron chi connectivity index (χ1n) is 15.5. The maximum Gasteiger partial charge on any atom is 0.323 e. The quantitative estimate of drug-likeness (QED) is 0.335. The van der Waals surface area contributed by atoms with E-state index in [1.807, 2.05) is 32.6 Å². The maximum atomic E-state index is 13.1. The number of nitrogens with zero attached hydrogens (tertiary/aromatic N) is 6. The standard InChI is InChI=1S/C33H49N7O2/c1-6-42-31(41)28-19-33(11-16-38(17-12-33)24-32(2,3)4)25-40(28)21-27-9-7-26(8-10-27)20-39(22-29-34-13-14-35-29)23-30-36-15-18-37(30)5/h7-10,13-15,18,28H,6,11-12,16-17,19-25H2,1-5H3,(H,34,35)/t28-/m1/s1. The van der Waals surface area contributed by atoms with Crippen LogP contribution in [0.2, 0.25) is 0 Å². The van der Waals surface area contributed by atoms with E-state index in [0.29, 0.717) is 18.6 Å². The number of carbonyl (C=O) groups excluding carboxylic acids is 1. The lowest BCUT2D eigenvalue weighted by Gasteiger charge is -2.41. The number of ether oxygens (including phenoxy) is 1. The summed E-state index contributed by atoms with van der Waals surface area (Å²) in [6.07, 6.45) is 10.7. The monoisotopic (exact) mass is 575 g/mol. The molecule has 3 aromatic rings. The van der Waals surface area contributed by atoms with Crippen molar-refractivity contribution in [1.82, 2.24) is 34.2 Å². The van der Waals surface area contributed by atoms with Crippen LogP contribution in [0.15, 0.2) is 49.1 Å². The Hall–Kier alpha value is -3.01. The molecule has 2 aromatic heterocycles. The third kappa shape index (κ3) is 7.88. The molecule has 0 aliphatic carbocycles. The zero-order valence-electron chi connectivity index (χ0n) is 26.2. The van der Waals surface area contributed by atoms with E-state index < -0.39 is 0 Å². The van der Waals surface area contributed by atoms with Gasteiger partial charge in [-0.05, 0) is 61.2 Å². The minimum absolute atomic E-state index is 0.0639. The van der Waals surface area contributed by atoms with Gasteiger partial charge in [-0.2, -0.15) is 0 Å². The van der Waals surface area contributed by atoms with Gasteiger partial charge < -0.3 is 19.2 Å². The molecule has 0 bridgehead atoms. The number of aromatic amines is 1. The van der Waals surface area contributed by atoms with E-state index in [4.69, 9.17) is 4.74 Å². The number of imidazole rings is 2. The molecule has 5 rings (SSSR count). The SMILES string of the molecule is CCOC(=O)[C@H]1CC2(CCN(CC(C)(C)C)CC2)CN1Cc1ccc(CN(Cc2ncc[nH]2)Cc2nccn2C)cc1. The lowest BCUT2D eigenvalue weighted by Crippen LogP contribution is -2.44. The van der Waals surface area contributed by atoms with Crippen LogP contribution in [0, 0.1) is 10.8 Å². The molecule has 9 heteroatoms. The van der Waals surface area contributed by atoms with Crippen molar-refractivity contribution in [2.45, 2.75) is 79.2 Å². The zero-order valence-corrected chi connectivity index (χ0v) is 26.2. The lowest BCUT2D eigenvalue weighted by atomic mass is 9.76. The summed E-state index contributed by atoms with van der Waals surface area (Å²) in [5.41, 5.74) is 2.98. The maximum absolute atomic E-state index is 13.1. The predicted octanol–water partition coefficient (Wildman–Crippen LogP) is 4.61. The van der Waals surface area contributed by atoms with Crippen LogP contribution in [0.25, 0.3) is 0 Å².